The van der Waals surface area contributed by atoms with Crippen molar-refractivity contribution in [3.8, 4) is 17.3 Å². The summed E-state index contributed by atoms with van der Waals surface area (Å²) in [6, 6.07) is 5.83. The van der Waals surface area contributed by atoms with Crippen molar-refractivity contribution in [3.63, 3.8) is 0 Å². The third kappa shape index (κ3) is 3.53. The van der Waals surface area contributed by atoms with Gasteiger partial charge in [0, 0.05) is 39.3 Å². The van der Waals surface area contributed by atoms with E-state index in [-0.39, 0.29) is 8.76 Å². The summed E-state index contributed by atoms with van der Waals surface area (Å²) >= 11 is 0. The number of carbonyl (C=O) groups is 1. The van der Waals surface area contributed by atoms with E-state index in [1.165, 1.54) is 6.33 Å². The van der Waals surface area contributed by atoms with Crippen LogP contribution in [0.5, 0.6) is 0 Å². The van der Waals surface area contributed by atoms with E-state index in [2.05, 4.69) is 32.9 Å². The lowest BCUT2D eigenvalue weighted by atomic mass is 10.1. The molecule has 25 heavy (non-hydrogen) atoms. The molecule has 0 unspecified atom stereocenters. The molecule has 3 aromatic rings. The minimum atomic E-state index is -0.0886. The molecule has 0 spiro atoms. The molecule has 0 saturated carbocycles. The lowest BCUT2D eigenvalue weighted by Crippen LogP contribution is -2.33. The Kier molecular flexibility index (Phi) is 5.09. The van der Waals surface area contributed by atoms with Crippen LogP contribution in [0, 0.1) is 11.3 Å². The summed E-state index contributed by atoms with van der Waals surface area (Å²) in [5.74, 6) is -0.0886. The zero-order chi connectivity index (χ0) is 17.6. The number of aromatic amines is 2. The number of nitriles is 1. The number of aromatic nitrogens is 4. The molecule has 7 heteroatoms. The molecule has 0 saturated heterocycles. The molecule has 132 valence electrons. The topological polar surface area (TPSA) is 101 Å². The van der Waals surface area contributed by atoms with E-state index in [9.17, 15) is 4.79 Å². The lowest BCUT2D eigenvalue weighted by molar-refractivity contribution is 0.0751. The van der Waals surface area contributed by atoms with Gasteiger partial charge in [0.25, 0.3) is 5.91 Å². The quantitative estimate of drug-likeness (QED) is 0.686. The maximum atomic E-state index is 12.8. The largest absolute Gasteiger partial charge is 0.357 e. The molecule has 2 N–H and O–H groups in total. The average molecular weight is 340 g/mol. The van der Waals surface area contributed by atoms with E-state index >= 15 is 0 Å². The fraction of sp³-hybridized carbons (Fsp3) is 0.333. The van der Waals surface area contributed by atoms with E-state index in [0.29, 0.717) is 25.2 Å². The third-order valence-electron chi connectivity index (χ3n) is 4.10. The summed E-state index contributed by atoms with van der Waals surface area (Å²) in [5, 5.41) is 9.72. The van der Waals surface area contributed by atoms with E-state index < -0.39 is 0 Å². The van der Waals surface area contributed by atoms with Crippen LogP contribution in [0.3, 0.4) is 0 Å². The molecule has 0 radical (unpaired) electrons. The van der Waals surface area contributed by atoms with Gasteiger partial charge in [0.15, 0.2) is 0 Å². The van der Waals surface area contributed by atoms with Crippen molar-refractivity contribution >= 4 is 16.9 Å². The van der Waals surface area contributed by atoms with Crippen LogP contribution in [0.4, 0.5) is 0 Å². The molecular formula is C18H24N6O. The molecule has 3 heterocycles. The van der Waals surface area contributed by atoms with Gasteiger partial charge in [-0.2, -0.15) is 5.26 Å². The van der Waals surface area contributed by atoms with Crippen LogP contribution >= 0.6 is 0 Å². The van der Waals surface area contributed by atoms with E-state index in [1.54, 1.807) is 11.1 Å². The first-order valence-corrected chi connectivity index (χ1v) is 8.37. The molecule has 0 aliphatic rings. The maximum Gasteiger partial charge on any atom is 0.270 e. The molecule has 0 fully saturated rings. The smallest absolute Gasteiger partial charge is 0.270 e. The highest BCUT2D eigenvalue weighted by atomic mass is 16.2. The van der Waals surface area contributed by atoms with Gasteiger partial charge in [0.2, 0.25) is 0 Å². The number of hydrogen-bond donors (Lipinski definition) is 2. The first kappa shape index (κ1) is 16.7. The van der Waals surface area contributed by atoms with Gasteiger partial charge >= 0.3 is 0 Å². The SMILES string of the molecule is CCCCN(CCC#N)C(=O)c1cc(-c2ncnc3[nH]ccc23)c[nH]1.[HH].[HH]. The van der Waals surface area contributed by atoms with Crippen LogP contribution in [-0.4, -0.2) is 43.8 Å². The zero-order valence-electron chi connectivity index (χ0n) is 14.1. The first-order valence-electron chi connectivity index (χ1n) is 8.37. The molecule has 1 amide bonds. The Morgan fingerprint density at radius 3 is 3.04 bits per heavy atom. The maximum absolute atomic E-state index is 12.8. The van der Waals surface area contributed by atoms with Crippen LogP contribution in [0.1, 0.15) is 39.5 Å². The van der Waals surface area contributed by atoms with E-state index in [4.69, 9.17) is 5.26 Å². The number of carbonyl (C=O) groups excluding carboxylic acids is 1. The van der Waals surface area contributed by atoms with Gasteiger partial charge in [0.05, 0.1) is 18.2 Å². The van der Waals surface area contributed by atoms with Crippen molar-refractivity contribution in [2.75, 3.05) is 13.1 Å². The van der Waals surface area contributed by atoms with Crippen LogP contribution in [0.25, 0.3) is 22.3 Å². The van der Waals surface area contributed by atoms with Gasteiger partial charge in [-0.05, 0) is 18.6 Å². The van der Waals surface area contributed by atoms with Gasteiger partial charge in [0.1, 0.15) is 17.7 Å². The molecule has 0 aliphatic heterocycles. The van der Waals surface area contributed by atoms with Crippen LogP contribution in [-0.2, 0) is 0 Å². The highest BCUT2D eigenvalue weighted by Crippen LogP contribution is 2.25. The summed E-state index contributed by atoms with van der Waals surface area (Å²) in [4.78, 5) is 29.1. The van der Waals surface area contributed by atoms with Gasteiger partial charge in [-0.25, -0.2) is 9.97 Å². The van der Waals surface area contributed by atoms with Crippen molar-refractivity contribution in [1.82, 2.24) is 24.8 Å². The van der Waals surface area contributed by atoms with Crippen LogP contribution in [0.15, 0.2) is 30.9 Å². The number of hydrogen-bond acceptors (Lipinski definition) is 4. The summed E-state index contributed by atoms with van der Waals surface area (Å²) in [6.07, 6.45) is 7.35. The van der Waals surface area contributed by atoms with E-state index in [1.807, 2.05) is 18.3 Å². The average Bonchev–Trinajstić information content (AvgIpc) is 3.30. The lowest BCUT2D eigenvalue weighted by Gasteiger charge is -2.20. The number of H-pyrrole nitrogens is 2. The normalized spacial score (nSPS) is 10.7. The van der Waals surface area contributed by atoms with Crippen LogP contribution in [0.2, 0.25) is 0 Å². The molecule has 0 aliphatic carbocycles. The monoisotopic (exact) mass is 340 g/mol. The van der Waals surface area contributed by atoms with Crippen molar-refractivity contribution in [1.29, 1.82) is 5.26 Å². The van der Waals surface area contributed by atoms with Crippen molar-refractivity contribution in [2.45, 2.75) is 26.2 Å². The van der Waals surface area contributed by atoms with Gasteiger partial charge in [-0.3, -0.25) is 4.79 Å². The van der Waals surface area contributed by atoms with Gasteiger partial charge in [-0.1, -0.05) is 13.3 Å². The molecule has 0 bridgehead atoms. The minimum absolute atomic E-state index is 0. The highest BCUT2D eigenvalue weighted by molar-refractivity contribution is 5.96. The van der Waals surface area contributed by atoms with E-state index in [0.717, 1.165) is 35.1 Å². The second kappa shape index (κ2) is 7.62. The Morgan fingerprint density at radius 2 is 2.24 bits per heavy atom. The molecule has 7 nitrogen and oxygen atoms in total. The number of rotatable bonds is 7. The predicted molar refractivity (Wildman–Crippen MR) is 98.9 cm³/mol. The highest BCUT2D eigenvalue weighted by Gasteiger charge is 2.18. The number of nitrogens with one attached hydrogen (secondary N) is 2. The standard InChI is InChI=1S/C18H20N6O.2H2/c1-2-3-8-24(9-4-6-19)18(25)15-10-13(11-21-15)16-14-5-7-20-17(14)23-12-22-16;;/h5,7,10-12,21H,2-4,8-9H2,1H3,(H,20,22,23);2*1H. The van der Waals surface area contributed by atoms with Gasteiger partial charge < -0.3 is 14.9 Å². The van der Waals surface area contributed by atoms with Crippen molar-refractivity contribution in [3.05, 3.63) is 36.5 Å². The Balaban J connectivity index is 0.00000182. The zero-order valence-corrected chi connectivity index (χ0v) is 14.1. The van der Waals surface area contributed by atoms with Crippen molar-refractivity contribution in [2.24, 2.45) is 0 Å². The Labute approximate surface area is 148 Å². The summed E-state index contributed by atoms with van der Waals surface area (Å²) in [6.45, 7) is 3.18. The predicted octanol–water partition coefficient (Wildman–Crippen LogP) is 3.60. The summed E-state index contributed by atoms with van der Waals surface area (Å²) in [7, 11) is 0. The Bertz CT molecular complexity index is 914. The van der Waals surface area contributed by atoms with Crippen molar-refractivity contribution < 1.29 is 7.65 Å². The second-order valence-corrected chi connectivity index (χ2v) is 5.82. The molecule has 3 rings (SSSR count). The fourth-order valence-corrected chi connectivity index (χ4v) is 2.78. The second-order valence-electron chi connectivity index (χ2n) is 5.82. The number of amides is 1. The van der Waals surface area contributed by atoms with Gasteiger partial charge in [-0.15, -0.1) is 0 Å². The number of fused-ring (bicyclic) bond motifs is 1. The molecular weight excluding hydrogens is 316 g/mol. The first-order chi connectivity index (χ1) is 12.2. The summed E-state index contributed by atoms with van der Waals surface area (Å²) < 4.78 is 0. The minimum Gasteiger partial charge on any atom is -0.357 e. The Hall–Kier alpha value is -3.14. The summed E-state index contributed by atoms with van der Waals surface area (Å²) in [5.41, 5.74) is 2.88. The number of unbranched alkanes of at least 4 members (excludes halogenated alkanes) is 1. The Morgan fingerprint density at radius 1 is 1.36 bits per heavy atom. The molecule has 3 aromatic heterocycles. The number of nitrogens with zero attached hydrogens (tertiary/aromatic N) is 4. The van der Waals surface area contributed by atoms with Crippen LogP contribution < -0.4 is 0 Å². The molecule has 0 aromatic carbocycles. The molecule has 0 atom stereocenters. The fourth-order valence-electron chi connectivity index (χ4n) is 2.78. The third-order valence-corrected chi connectivity index (χ3v) is 4.10.